The summed E-state index contributed by atoms with van der Waals surface area (Å²) in [5.74, 6) is 0. The van der Waals surface area contributed by atoms with E-state index in [1.807, 2.05) is 0 Å². The zero-order chi connectivity index (χ0) is 11.9. The number of hydrogen-bond acceptors (Lipinski definition) is 3. The van der Waals surface area contributed by atoms with E-state index < -0.39 is 0 Å². The van der Waals surface area contributed by atoms with Crippen molar-refractivity contribution in [3.05, 3.63) is 35.4 Å². The second kappa shape index (κ2) is 6.74. The summed E-state index contributed by atoms with van der Waals surface area (Å²) in [4.78, 5) is 2.47. The van der Waals surface area contributed by atoms with Crippen LogP contribution in [0.4, 0.5) is 0 Å². The van der Waals surface area contributed by atoms with Crippen LogP contribution in [-0.2, 0) is 17.6 Å². The Hall–Kier alpha value is -0.900. The first-order valence-electron chi connectivity index (χ1n) is 6.46. The molecule has 94 valence electrons. The number of ether oxygens (including phenoxy) is 1. The Labute approximate surface area is 104 Å². The lowest BCUT2D eigenvalue weighted by Crippen LogP contribution is -2.37. The topological polar surface area (TPSA) is 38.5 Å². The van der Waals surface area contributed by atoms with Crippen LogP contribution in [0.5, 0.6) is 0 Å². The molecule has 0 unspecified atom stereocenters. The van der Waals surface area contributed by atoms with Crippen LogP contribution in [0, 0.1) is 0 Å². The molecular formula is C14H22N2O. The molecule has 0 aromatic heterocycles. The lowest BCUT2D eigenvalue weighted by Gasteiger charge is -2.26. The third kappa shape index (κ3) is 4.11. The fraction of sp³-hybridized carbons (Fsp3) is 0.571. The van der Waals surface area contributed by atoms with E-state index in [-0.39, 0.29) is 0 Å². The van der Waals surface area contributed by atoms with Crippen molar-refractivity contribution in [3.8, 4) is 0 Å². The predicted octanol–water partition coefficient (Wildman–Crippen LogP) is 1.06. The Morgan fingerprint density at radius 2 is 1.59 bits per heavy atom. The fourth-order valence-corrected chi connectivity index (χ4v) is 2.15. The molecule has 1 aromatic rings. The SMILES string of the molecule is NCCc1ccc(CCN2CCOCC2)cc1. The van der Waals surface area contributed by atoms with Gasteiger partial charge in [0.1, 0.15) is 0 Å². The van der Waals surface area contributed by atoms with Gasteiger partial charge in [0.2, 0.25) is 0 Å². The van der Waals surface area contributed by atoms with Gasteiger partial charge in [-0.3, -0.25) is 4.90 Å². The summed E-state index contributed by atoms with van der Waals surface area (Å²) in [5, 5.41) is 0. The quantitative estimate of drug-likeness (QED) is 0.828. The molecule has 1 saturated heterocycles. The number of nitrogens with zero attached hydrogens (tertiary/aromatic N) is 1. The average Bonchev–Trinajstić information content (AvgIpc) is 2.40. The standard InChI is InChI=1S/C14H22N2O/c15-7-5-13-1-3-14(4-2-13)6-8-16-9-11-17-12-10-16/h1-4H,5-12,15H2. The van der Waals surface area contributed by atoms with Crippen LogP contribution in [0.1, 0.15) is 11.1 Å². The molecule has 0 bridgehead atoms. The second-order valence-electron chi connectivity index (χ2n) is 4.56. The highest BCUT2D eigenvalue weighted by Crippen LogP contribution is 2.07. The summed E-state index contributed by atoms with van der Waals surface area (Å²) < 4.78 is 5.34. The molecule has 17 heavy (non-hydrogen) atoms. The maximum atomic E-state index is 5.54. The second-order valence-corrected chi connectivity index (χ2v) is 4.56. The molecule has 0 atom stereocenters. The summed E-state index contributed by atoms with van der Waals surface area (Å²) in [6, 6.07) is 8.85. The van der Waals surface area contributed by atoms with Gasteiger partial charge in [0.15, 0.2) is 0 Å². The van der Waals surface area contributed by atoms with Crippen LogP contribution in [0.25, 0.3) is 0 Å². The average molecular weight is 234 g/mol. The van der Waals surface area contributed by atoms with E-state index in [2.05, 4.69) is 29.2 Å². The normalized spacial score (nSPS) is 17.2. The van der Waals surface area contributed by atoms with Crippen LogP contribution in [0.15, 0.2) is 24.3 Å². The highest BCUT2D eigenvalue weighted by atomic mass is 16.5. The van der Waals surface area contributed by atoms with Gasteiger partial charge in [-0.15, -0.1) is 0 Å². The third-order valence-electron chi connectivity index (χ3n) is 3.28. The highest BCUT2D eigenvalue weighted by Gasteiger charge is 2.09. The van der Waals surface area contributed by atoms with E-state index in [1.54, 1.807) is 0 Å². The van der Waals surface area contributed by atoms with Gasteiger partial charge in [-0.05, 0) is 30.5 Å². The number of morpholine rings is 1. The Balaban J connectivity index is 1.77. The van der Waals surface area contributed by atoms with Crippen molar-refractivity contribution in [2.45, 2.75) is 12.8 Å². The Morgan fingerprint density at radius 3 is 2.18 bits per heavy atom. The highest BCUT2D eigenvalue weighted by molar-refractivity contribution is 5.23. The molecule has 0 radical (unpaired) electrons. The lowest BCUT2D eigenvalue weighted by atomic mass is 10.1. The molecule has 0 spiro atoms. The van der Waals surface area contributed by atoms with Crippen molar-refractivity contribution in [2.24, 2.45) is 5.73 Å². The van der Waals surface area contributed by atoms with Crippen molar-refractivity contribution in [1.82, 2.24) is 4.90 Å². The van der Waals surface area contributed by atoms with Gasteiger partial charge < -0.3 is 10.5 Å². The summed E-state index contributed by atoms with van der Waals surface area (Å²) in [5.41, 5.74) is 8.29. The Bertz CT molecular complexity index is 317. The van der Waals surface area contributed by atoms with Crippen molar-refractivity contribution in [2.75, 3.05) is 39.4 Å². The Kier molecular flexibility index (Phi) is 4.98. The van der Waals surface area contributed by atoms with Gasteiger partial charge in [-0.1, -0.05) is 24.3 Å². The van der Waals surface area contributed by atoms with E-state index in [1.165, 1.54) is 11.1 Å². The van der Waals surface area contributed by atoms with Crippen LogP contribution < -0.4 is 5.73 Å². The summed E-state index contributed by atoms with van der Waals surface area (Å²) >= 11 is 0. The summed E-state index contributed by atoms with van der Waals surface area (Å²) in [7, 11) is 0. The Morgan fingerprint density at radius 1 is 1.00 bits per heavy atom. The maximum Gasteiger partial charge on any atom is 0.0594 e. The summed E-state index contributed by atoms with van der Waals surface area (Å²) in [6.07, 6.45) is 2.10. The zero-order valence-corrected chi connectivity index (χ0v) is 10.4. The first-order valence-corrected chi connectivity index (χ1v) is 6.46. The smallest absolute Gasteiger partial charge is 0.0594 e. The largest absolute Gasteiger partial charge is 0.379 e. The molecule has 3 nitrogen and oxygen atoms in total. The molecule has 1 heterocycles. The van der Waals surface area contributed by atoms with Crippen LogP contribution in [-0.4, -0.2) is 44.3 Å². The van der Waals surface area contributed by atoms with Gasteiger partial charge in [0, 0.05) is 19.6 Å². The van der Waals surface area contributed by atoms with Gasteiger partial charge in [-0.2, -0.15) is 0 Å². The fourth-order valence-electron chi connectivity index (χ4n) is 2.15. The van der Waals surface area contributed by atoms with Crippen LogP contribution in [0.3, 0.4) is 0 Å². The number of hydrogen-bond donors (Lipinski definition) is 1. The van der Waals surface area contributed by atoms with E-state index in [9.17, 15) is 0 Å². The van der Waals surface area contributed by atoms with Crippen molar-refractivity contribution in [3.63, 3.8) is 0 Å². The van der Waals surface area contributed by atoms with Crippen LogP contribution in [0.2, 0.25) is 0 Å². The van der Waals surface area contributed by atoms with Crippen molar-refractivity contribution < 1.29 is 4.74 Å². The summed E-state index contributed by atoms with van der Waals surface area (Å²) in [6.45, 7) is 5.79. The first kappa shape index (κ1) is 12.6. The monoisotopic (exact) mass is 234 g/mol. The molecular weight excluding hydrogens is 212 g/mol. The van der Waals surface area contributed by atoms with Gasteiger partial charge in [0.25, 0.3) is 0 Å². The lowest BCUT2D eigenvalue weighted by molar-refractivity contribution is 0.0384. The van der Waals surface area contributed by atoms with E-state index in [0.29, 0.717) is 0 Å². The molecule has 3 heteroatoms. The number of rotatable bonds is 5. The minimum absolute atomic E-state index is 0.729. The molecule has 0 amide bonds. The number of benzene rings is 1. The first-order chi connectivity index (χ1) is 8.38. The van der Waals surface area contributed by atoms with Gasteiger partial charge >= 0.3 is 0 Å². The van der Waals surface area contributed by atoms with E-state index in [0.717, 1.165) is 52.2 Å². The minimum atomic E-state index is 0.729. The molecule has 1 aromatic carbocycles. The maximum absolute atomic E-state index is 5.54. The molecule has 0 aliphatic carbocycles. The molecule has 0 saturated carbocycles. The van der Waals surface area contributed by atoms with E-state index in [4.69, 9.17) is 10.5 Å². The molecule has 1 aliphatic heterocycles. The van der Waals surface area contributed by atoms with Crippen LogP contribution >= 0.6 is 0 Å². The molecule has 1 fully saturated rings. The third-order valence-corrected chi connectivity index (χ3v) is 3.28. The molecule has 1 aliphatic rings. The van der Waals surface area contributed by atoms with Crippen molar-refractivity contribution in [1.29, 1.82) is 0 Å². The van der Waals surface area contributed by atoms with Crippen molar-refractivity contribution >= 4 is 0 Å². The van der Waals surface area contributed by atoms with E-state index >= 15 is 0 Å². The zero-order valence-electron chi connectivity index (χ0n) is 10.4. The predicted molar refractivity (Wildman–Crippen MR) is 70.2 cm³/mol. The van der Waals surface area contributed by atoms with Gasteiger partial charge in [-0.25, -0.2) is 0 Å². The number of nitrogens with two attached hydrogens (primary N) is 1. The van der Waals surface area contributed by atoms with Gasteiger partial charge in [0.05, 0.1) is 13.2 Å². The molecule has 2 N–H and O–H groups in total. The molecule has 2 rings (SSSR count). The minimum Gasteiger partial charge on any atom is -0.379 e.